The van der Waals surface area contributed by atoms with Gasteiger partial charge in [0.2, 0.25) is 0 Å². The molecule has 5 nitrogen and oxygen atoms in total. The second-order valence-corrected chi connectivity index (χ2v) is 3.50. The van der Waals surface area contributed by atoms with E-state index in [9.17, 15) is 0 Å². The van der Waals surface area contributed by atoms with Crippen LogP contribution in [0, 0.1) is 0 Å². The van der Waals surface area contributed by atoms with Gasteiger partial charge in [-0.25, -0.2) is 4.98 Å². The normalized spacial score (nSPS) is 9.94. The first-order chi connectivity index (χ1) is 8.78. The highest BCUT2D eigenvalue weighted by atomic mass is 16.5. The van der Waals surface area contributed by atoms with Crippen molar-refractivity contribution in [2.24, 2.45) is 0 Å². The van der Waals surface area contributed by atoms with Crippen LogP contribution in [0.5, 0.6) is 17.5 Å². The molecule has 1 aromatic heterocycles. The van der Waals surface area contributed by atoms with Crippen molar-refractivity contribution < 1.29 is 14.2 Å². The molecule has 0 atom stereocenters. The zero-order chi connectivity index (χ0) is 13.0. The Kier molecular flexibility index (Phi) is 3.62. The van der Waals surface area contributed by atoms with Gasteiger partial charge in [-0.15, -0.1) is 0 Å². The van der Waals surface area contributed by atoms with Crippen LogP contribution >= 0.6 is 0 Å². The zero-order valence-electron chi connectivity index (χ0n) is 10.5. The van der Waals surface area contributed by atoms with E-state index in [1.54, 1.807) is 20.4 Å². The molecular formula is C13H14N2O3. The van der Waals surface area contributed by atoms with E-state index in [-0.39, 0.29) is 0 Å². The summed E-state index contributed by atoms with van der Waals surface area (Å²) in [5.74, 6) is 1.34. The van der Waals surface area contributed by atoms with E-state index >= 15 is 0 Å². The summed E-state index contributed by atoms with van der Waals surface area (Å²) in [6.07, 6.45) is 1.65. The second kappa shape index (κ2) is 5.35. The lowest BCUT2D eigenvalue weighted by Gasteiger charge is -2.09. The molecule has 1 aromatic carbocycles. The van der Waals surface area contributed by atoms with E-state index in [4.69, 9.17) is 14.2 Å². The average molecular weight is 246 g/mol. The smallest absolute Gasteiger partial charge is 0.316 e. The maximum atomic E-state index is 5.26. The molecule has 2 aromatic rings. The molecule has 5 heteroatoms. The lowest BCUT2D eigenvalue weighted by molar-refractivity contribution is 0.355. The molecule has 0 aliphatic heterocycles. The number of benzene rings is 1. The summed E-state index contributed by atoms with van der Waals surface area (Å²) in [4.78, 5) is 8.23. The van der Waals surface area contributed by atoms with Crippen molar-refractivity contribution in [3.8, 4) is 28.8 Å². The highest BCUT2D eigenvalue weighted by Gasteiger charge is 2.08. The monoisotopic (exact) mass is 246 g/mol. The Bertz CT molecular complexity index is 544. The van der Waals surface area contributed by atoms with Gasteiger partial charge in [-0.2, -0.15) is 4.98 Å². The molecule has 1 heterocycles. The summed E-state index contributed by atoms with van der Waals surface area (Å²) >= 11 is 0. The molecule has 2 rings (SSSR count). The third-order valence-corrected chi connectivity index (χ3v) is 2.50. The van der Waals surface area contributed by atoms with Crippen LogP contribution in [0.25, 0.3) is 11.3 Å². The van der Waals surface area contributed by atoms with E-state index in [1.165, 1.54) is 7.11 Å². The predicted octanol–water partition coefficient (Wildman–Crippen LogP) is 2.17. The van der Waals surface area contributed by atoms with Crippen molar-refractivity contribution in [3.63, 3.8) is 0 Å². The van der Waals surface area contributed by atoms with Gasteiger partial charge in [-0.3, -0.25) is 0 Å². The van der Waals surface area contributed by atoms with Crippen molar-refractivity contribution in [2.45, 2.75) is 0 Å². The zero-order valence-corrected chi connectivity index (χ0v) is 10.5. The minimum atomic E-state index is 0.335. The molecule has 94 valence electrons. The number of hydrogen-bond acceptors (Lipinski definition) is 5. The first kappa shape index (κ1) is 12.2. The number of nitrogens with zero attached hydrogens (tertiary/aromatic N) is 2. The number of aromatic nitrogens is 2. The van der Waals surface area contributed by atoms with Gasteiger partial charge >= 0.3 is 6.01 Å². The Morgan fingerprint density at radius 1 is 0.889 bits per heavy atom. The molecule has 0 saturated carbocycles. The standard InChI is InChI=1S/C13H14N2O3/c1-16-11-5-4-9(8-12(11)17-2)10-6-7-14-13(15-10)18-3/h4-8H,1-3H3. The van der Waals surface area contributed by atoms with Gasteiger partial charge in [0.05, 0.1) is 27.0 Å². The molecule has 0 aliphatic carbocycles. The molecule has 0 N–H and O–H groups in total. The first-order valence-electron chi connectivity index (χ1n) is 5.38. The van der Waals surface area contributed by atoms with Crippen molar-refractivity contribution in [2.75, 3.05) is 21.3 Å². The Balaban J connectivity index is 2.43. The molecule has 0 unspecified atom stereocenters. The minimum absolute atomic E-state index is 0.335. The number of methoxy groups -OCH3 is 3. The van der Waals surface area contributed by atoms with Gasteiger partial charge < -0.3 is 14.2 Å². The number of rotatable bonds is 4. The topological polar surface area (TPSA) is 53.5 Å². The van der Waals surface area contributed by atoms with Crippen LogP contribution in [-0.4, -0.2) is 31.3 Å². The fraction of sp³-hybridized carbons (Fsp3) is 0.231. The van der Waals surface area contributed by atoms with Gasteiger partial charge in [0.25, 0.3) is 0 Å². The summed E-state index contributed by atoms with van der Waals surface area (Å²) < 4.78 is 15.4. The first-order valence-corrected chi connectivity index (χ1v) is 5.38. The van der Waals surface area contributed by atoms with Gasteiger partial charge in [0, 0.05) is 11.8 Å². The minimum Gasteiger partial charge on any atom is -0.493 e. The Hall–Kier alpha value is -2.30. The predicted molar refractivity (Wildman–Crippen MR) is 67.1 cm³/mol. The van der Waals surface area contributed by atoms with Crippen molar-refractivity contribution >= 4 is 0 Å². The molecule has 0 bridgehead atoms. The van der Waals surface area contributed by atoms with Crippen molar-refractivity contribution in [3.05, 3.63) is 30.5 Å². The van der Waals surface area contributed by atoms with Gasteiger partial charge in [0.1, 0.15) is 0 Å². The summed E-state index contributed by atoms with van der Waals surface area (Å²) in [6, 6.07) is 7.75. The van der Waals surface area contributed by atoms with E-state index in [1.807, 2.05) is 24.3 Å². The maximum Gasteiger partial charge on any atom is 0.316 e. The van der Waals surface area contributed by atoms with E-state index < -0.39 is 0 Å². The second-order valence-electron chi connectivity index (χ2n) is 3.50. The summed E-state index contributed by atoms with van der Waals surface area (Å²) in [7, 11) is 4.74. The molecule has 0 amide bonds. The SMILES string of the molecule is COc1nccc(-c2ccc(OC)c(OC)c2)n1. The molecule has 0 aliphatic rings. The largest absolute Gasteiger partial charge is 0.493 e. The maximum absolute atomic E-state index is 5.26. The molecular weight excluding hydrogens is 232 g/mol. The quantitative estimate of drug-likeness (QED) is 0.827. The van der Waals surface area contributed by atoms with Crippen molar-refractivity contribution in [1.29, 1.82) is 0 Å². The van der Waals surface area contributed by atoms with Crippen molar-refractivity contribution in [1.82, 2.24) is 9.97 Å². The van der Waals surface area contributed by atoms with E-state index in [2.05, 4.69) is 9.97 Å². The molecule has 18 heavy (non-hydrogen) atoms. The van der Waals surface area contributed by atoms with Crippen LogP contribution in [-0.2, 0) is 0 Å². The summed E-state index contributed by atoms with van der Waals surface area (Å²) in [5.41, 5.74) is 1.68. The highest BCUT2D eigenvalue weighted by molar-refractivity contribution is 5.63. The van der Waals surface area contributed by atoms with Gasteiger partial charge in [0.15, 0.2) is 11.5 Å². The number of hydrogen-bond donors (Lipinski definition) is 0. The fourth-order valence-corrected chi connectivity index (χ4v) is 1.60. The summed E-state index contributed by atoms with van der Waals surface area (Å²) in [6.45, 7) is 0. The Morgan fingerprint density at radius 3 is 2.33 bits per heavy atom. The third-order valence-electron chi connectivity index (χ3n) is 2.50. The van der Waals surface area contributed by atoms with Crippen LogP contribution < -0.4 is 14.2 Å². The van der Waals surface area contributed by atoms with Gasteiger partial charge in [-0.05, 0) is 24.3 Å². The van der Waals surface area contributed by atoms with E-state index in [0.29, 0.717) is 17.5 Å². The molecule has 0 radical (unpaired) electrons. The third kappa shape index (κ3) is 2.34. The Morgan fingerprint density at radius 2 is 1.67 bits per heavy atom. The van der Waals surface area contributed by atoms with Crippen LogP contribution in [0.2, 0.25) is 0 Å². The molecule has 0 fully saturated rings. The molecule has 0 saturated heterocycles. The Labute approximate surface area is 105 Å². The van der Waals surface area contributed by atoms with E-state index in [0.717, 1.165) is 11.3 Å². The lowest BCUT2D eigenvalue weighted by Crippen LogP contribution is -1.94. The van der Waals surface area contributed by atoms with Crippen LogP contribution in [0.1, 0.15) is 0 Å². The van der Waals surface area contributed by atoms with Crippen LogP contribution in [0.15, 0.2) is 30.5 Å². The highest BCUT2D eigenvalue weighted by Crippen LogP contribution is 2.31. The summed E-state index contributed by atoms with van der Waals surface area (Å²) in [5, 5.41) is 0. The van der Waals surface area contributed by atoms with Gasteiger partial charge in [-0.1, -0.05) is 0 Å². The fourth-order valence-electron chi connectivity index (χ4n) is 1.60. The lowest BCUT2D eigenvalue weighted by atomic mass is 10.1. The number of ether oxygens (including phenoxy) is 3. The average Bonchev–Trinajstić information content (AvgIpc) is 2.46. The molecule has 0 spiro atoms. The van der Waals surface area contributed by atoms with Crippen LogP contribution in [0.3, 0.4) is 0 Å². The van der Waals surface area contributed by atoms with Crippen LogP contribution in [0.4, 0.5) is 0 Å².